The number of hydrogen-bond donors (Lipinski definition) is 0. The van der Waals surface area contributed by atoms with Gasteiger partial charge in [-0.2, -0.15) is 0 Å². The van der Waals surface area contributed by atoms with Crippen molar-refractivity contribution in [2.45, 2.75) is 38.8 Å². The average Bonchev–Trinajstić information content (AvgIpc) is 2.65. The Balaban J connectivity index is 1.72. The second-order valence-corrected chi connectivity index (χ2v) is 6.77. The van der Waals surface area contributed by atoms with E-state index < -0.39 is 0 Å². The van der Waals surface area contributed by atoms with E-state index in [1.165, 1.54) is 11.1 Å². The summed E-state index contributed by atoms with van der Waals surface area (Å²) < 4.78 is 5.28. The summed E-state index contributed by atoms with van der Waals surface area (Å²) >= 11 is 0. The number of nitrogens with zero attached hydrogens (tertiary/aromatic N) is 1. The molecule has 1 fully saturated rings. The molecular formula is C22H27NO2. The first-order valence-electron chi connectivity index (χ1n) is 9.24. The Kier molecular flexibility index (Phi) is 6.24. The fourth-order valence-corrected chi connectivity index (χ4v) is 3.70. The molecule has 1 aliphatic rings. The van der Waals surface area contributed by atoms with Gasteiger partial charge in [-0.3, -0.25) is 9.69 Å². The molecule has 0 amide bonds. The minimum atomic E-state index is -0.0278. The number of ether oxygens (including phenoxy) is 1. The van der Waals surface area contributed by atoms with E-state index in [9.17, 15) is 4.79 Å². The summed E-state index contributed by atoms with van der Waals surface area (Å²) in [5.74, 6) is 0.000563. The normalized spacial score (nSPS) is 21.0. The predicted molar refractivity (Wildman–Crippen MR) is 100 cm³/mol. The summed E-state index contributed by atoms with van der Waals surface area (Å²) in [4.78, 5) is 14.7. The highest BCUT2D eigenvalue weighted by atomic mass is 16.5. The van der Waals surface area contributed by atoms with Crippen molar-refractivity contribution in [3.05, 3.63) is 71.8 Å². The van der Waals surface area contributed by atoms with Crippen LogP contribution >= 0.6 is 0 Å². The van der Waals surface area contributed by atoms with Crippen LogP contribution in [-0.2, 0) is 22.5 Å². The fraction of sp³-hybridized carbons (Fsp3) is 0.409. The van der Waals surface area contributed by atoms with Crippen LogP contribution in [-0.4, -0.2) is 30.1 Å². The lowest BCUT2D eigenvalue weighted by atomic mass is 9.87. The molecule has 3 nitrogen and oxygen atoms in total. The lowest BCUT2D eigenvalue weighted by molar-refractivity contribution is -0.150. The topological polar surface area (TPSA) is 29.5 Å². The number of carbonyl (C=O) groups excluding carboxylic acids is 1. The van der Waals surface area contributed by atoms with Crippen molar-refractivity contribution in [1.82, 2.24) is 4.90 Å². The molecule has 3 heteroatoms. The fourth-order valence-electron chi connectivity index (χ4n) is 3.70. The minimum absolute atomic E-state index is 0.0278. The zero-order chi connectivity index (χ0) is 17.5. The molecule has 0 N–H and O–H groups in total. The summed E-state index contributed by atoms with van der Waals surface area (Å²) in [6.45, 7) is 4.22. The summed E-state index contributed by atoms with van der Waals surface area (Å²) in [6, 6.07) is 21.5. The highest BCUT2D eigenvalue weighted by molar-refractivity contribution is 5.72. The van der Waals surface area contributed by atoms with Crippen LogP contribution in [0.3, 0.4) is 0 Å². The van der Waals surface area contributed by atoms with E-state index in [0.717, 1.165) is 32.4 Å². The second kappa shape index (κ2) is 8.82. The molecule has 2 unspecified atom stereocenters. The molecule has 0 bridgehead atoms. The maximum Gasteiger partial charge on any atom is 0.309 e. The minimum Gasteiger partial charge on any atom is -0.466 e. The van der Waals surface area contributed by atoms with E-state index in [2.05, 4.69) is 59.5 Å². The van der Waals surface area contributed by atoms with Gasteiger partial charge in [-0.15, -0.1) is 0 Å². The van der Waals surface area contributed by atoms with Gasteiger partial charge >= 0.3 is 5.97 Å². The first-order valence-corrected chi connectivity index (χ1v) is 9.24. The first kappa shape index (κ1) is 17.7. The van der Waals surface area contributed by atoms with E-state index in [4.69, 9.17) is 4.74 Å². The number of likely N-dealkylation sites (tertiary alicyclic amines) is 1. The van der Waals surface area contributed by atoms with Gasteiger partial charge in [0.2, 0.25) is 0 Å². The third-order valence-electron chi connectivity index (χ3n) is 5.00. The molecule has 2 aromatic rings. The van der Waals surface area contributed by atoms with E-state index >= 15 is 0 Å². The zero-order valence-corrected chi connectivity index (χ0v) is 14.9. The molecule has 1 aliphatic heterocycles. The molecular weight excluding hydrogens is 310 g/mol. The zero-order valence-electron chi connectivity index (χ0n) is 14.9. The SMILES string of the molecule is CCOC(=O)C1CCN(Cc2ccccc2)C(Cc2ccccc2)C1. The van der Waals surface area contributed by atoms with Gasteiger partial charge in [0, 0.05) is 12.6 Å². The molecule has 2 aromatic carbocycles. The molecule has 3 rings (SSSR count). The quantitative estimate of drug-likeness (QED) is 0.744. The van der Waals surface area contributed by atoms with Crippen LogP contribution in [0.4, 0.5) is 0 Å². The Morgan fingerprint density at radius 2 is 1.68 bits per heavy atom. The largest absolute Gasteiger partial charge is 0.466 e. The van der Waals surface area contributed by atoms with Gasteiger partial charge in [0.15, 0.2) is 0 Å². The Morgan fingerprint density at radius 3 is 2.32 bits per heavy atom. The van der Waals surface area contributed by atoms with Gasteiger partial charge in [0.1, 0.15) is 0 Å². The molecule has 0 aromatic heterocycles. The van der Waals surface area contributed by atoms with Crippen LogP contribution in [0.5, 0.6) is 0 Å². The average molecular weight is 337 g/mol. The summed E-state index contributed by atoms with van der Waals surface area (Å²) in [5, 5.41) is 0. The lowest BCUT2D eigenvalue weighted by Gasteiger charge is -2.39. The van der Waals surface area contributed by atoms with E-state index in [1.54, 1.807) is 0 Å². The number of piperidine rings is 1. The molecule has 1 saturated heterocycles. The maximum atomic E-state index is 12.2. The van der Waals surface area contributed by atoms with Crippen LogP contribution < -0.4 is 0 Å². The summed E-state index contributed by atoms with van der Waals surface area (Å²) in [5.41, 5.74) is 2.66. The number of esters is 1. The highest BCUT2D eigenvalue weighted by Crippen LogP contribution is 2.28. The summed E-state index contributed by atoms with van der Waals surface area (Å²) in [7, 11) is 0. The smallest absolute Gasteiger partial charge is 0.309 e. The molecule has 0 aliphatic carbocycles. The molecule has 0 saturated carbocycles. The van der Waals surface area contributed by atoms with Gasteiger partial charge in [-0.1, -0.05) is 60.7 Å². The molecule has 2 atom stereocenters. The van der Waals surface area contributed by atoms with Crippen molar-refractivity contribution < 1.29 is 9.53 Å². The van der Waals surface area contributed by atoms with E-state index in [-0.39, 0.29) is 11.9 Å². The highest BCUT2D eigenvalue weighted by Gasteiger charge is 2.33. The Morgan fingerprint density at radius 1 is 1.04 bits per heavy atom. The van der Waals surface area contributed by atoms with Crippen molar-refractivity contribution in [1.29, 1.82) is 0 Å². The van der Waals surface area contributed by atoms with Gasteiger partial charge in [-0.25, -0.2) is 0 Å². The third kappa shape index (κ3) is 4.93. The first-order chi connectivity index (χ1) is 12.3. The third-order valence-corrected chi connectivity index (χ3v) is 5.00. The lowest BCUT2D eigenvalue weighted by Crippen LogP contribution is -2.45. The summed E-state index contributed by atoms with van der Waals surface area (Å²) in [6.07, 6.45) is 2.74. The van der Waals surface area contributed by atoms with E-state index in [0.29, 0.717) is 12.6 Å². The van der Waals surface area contributed by atoms with Crippen LogP contribution in [0.2, 0.25) is 0 Å². The number of rotatable bonds is 6. The maximum absolute atomic E-state index is 12.2. The number of carbonyl (C=O) groups is 1. The Labute approximate surface area is 150 Å². The van der Waals surface area contributed by atoms with Gasteiger partial charge in [-0.05, 0) is 43.9 Å². The Bertz CT molecular complexity index is 656. The second-order valence-electron chi connectivity index (χ2n) is 6.77. The van der Waals surface area contributed by atoms with Crippen molar-refractivity contribution in [3.63, 3.8) is 0 Å². The number of benzene rings is 2. The molecule has 0 radical (unpaired) electrons. The standard InChI is InChI=1S/C22H27NO2/c1-2-25-22(24)20-13-14-23(17-19-11-7-4-8-12-19)21(16-20)15-18-9-5-3-6-10-18/h3-12,20-21H,2,13-17H2,1H3. The van der Waals surface area contributed by atoms with E-state index in [1.807, 2.05) is 13.0 Å². The molecule has 0 spiro atoms. The van der Waals surface area contributed by atoms with Crippen molar-refractivity contribution >= 4 is 5.97 Å². The van der Waals surface area contributed by atoms with Crippen molar-refractivity contribution in [2.24, 2.45) is 5.92 Å². The van der Waals surface area contributed by atoms with Crippen molar-refractivity contribution in [3.8, 4) is 0 Å². The van der Waals surface area contributed by atoms with Crippen LogP contribution in [0.25, 0.3) is 0 Å². The van der Waals surface area contributed by atoms with Gasteiger partial charge in [0.05, 0.1) is 12.5 Å². The van der Waals surface area contributed by atoms with Gasteiger partial charge < -0.3 is 4.74 Å². The molecule has 132 valence electrons. The van der Waals surface area contributed by atoms with Gasteiger partial charge in [0.25, 0.3) is 0 Å². The van der Waals surface area contributed by atoms with Crippen molar-refractivity contribution in [2.75, 3.05) is 13.2 Å². The van der Waals surface area contributed by atoms with Crippen LogP contribution in [0, 0.1) is 5.92 Å². The molecule has 1 heterocycles. The monoisotopic (exact) mass is 337 g/mol. The van der Waals surface area contributed by atoms with Crippen LogP contribution in [0.1, 0.15) is 30.9 Å². The predicted octanol–water partition coefficient (Wildman–Crippen LogP) is 4.07. The Hall–Kier alpha value is -2.13. The number of hydrogen-bond acceptors (Lipinski definition) is 3. The molecule has 25 heavy (non-hydrogen) atoms. The van der Waals surface area contributed by atoms with Crippen LogP contribution in [0.15, 0.2) is 60.7 Å².